The van der Waals surface area contributed by atoms with E-state index in [2.05, 4.69) is 5.32 Å². The van der Waals surface area contributed by atoms with Crippen LogP contribution in [0.3, 0.4) is 0 Å². The van der Waals surface area contributed by atoms with Gasteiger partial charge in [0.15, 0.2) is 11.5 Å². The highest BCUT2D eigenvalue weighted by molar-refractivity contribution is 6.07. The number of methoxy groups -OCH3 is 2. The second-order valence-corrected chi connectivity index (χ2v) is 5.88. The van der Waals surface area contributed by atoms with Gasteiger partial charge in [-0.05, 0) is 23.3 Å². The molecule has 0 spiro atoms. The zero-order valence-corrected chi connectivity index (χ0v) is 15.3. The number of nitro groups is 1. The van der Waals surface area contributed by atoms with Crippen LogP contribution in [0, 0.1) is 10.1 Å². The number of carbonyl (C=O) groups excluding carboxylic acids is 1. The molecule has 0 atom stereocenters. The average molecular weight is 378 g/mol. The van der Waals surface area contributed by atoms with E-state index in [4.69, 9.17) is 9.47 Å². The van der Waals surface area contributed by atoms with Crippen molar-refractivity contribution < 1.29 is 19.2 Å². The summed E-state index contributed by atoms with van der Waals surface area (Å²) in [6.45, 7) is 0. The number of hydrogen-bond donors (Lipinski definition) is 1. The van der Waals surface area contributed by atoms with E-state index < -0.39 is 10.8 Å². The normalized spacial score (nSPS) is 10.2. The van der Waals surface area contributed by atoms with Gasteiger partial charge in [0.25, 0.3) is 11.6 Å². The van der Waals surface area contributed by atoms with Crippen LogP contribution in [-0.4, -0.2) is 25.1 Å². The van der Waals surface area contributed by atoms with Crippen LogP contribution in [0.1, 0.15) is 10.4 Å². The Kier molecular flexibility index (Phi) is 5.55. The van der Waals surface area contributed by atoms with Crippen molar-refractivity contribution in [2.75, 3.05) is 19.5 Å². The van der Waals surface area contributed by atoms with Gasteiger partial charge in [0.05, 0.1) is 25.2 Å². The highest BCUT2D eigenvalue weighted by Gasteiger charge is 2.24. The fraction of sp³-hybridized carbons (Fsp3) is 0.0952. The molecular weight excluding hydrogens is 360 g/mol. The molecule has 0 saturated carbocycles. The van der Waals surface area contributed by atoms with Crippen LogP contribution in [0.25, 0.3) is 11.1 Å². The summed E-state index contributed by atoms with van der Waals surface area (Å²) in [5.41, 5.74) is 2.09. The van der Waals surface area contributed by atoms with Gasteiger partial charge in [0.2, 0.25) is 0 Å². The molecule has 0 fully saturated rings. The lowest BCUT2D eigenvalue weighted by molar-refractivity contribution is -0.385. The van der Waals surface area contributed by atoms with Crippen molar-refractivity contribution in [1.29, 1.82) is 0 Å². The van der Waals surface area contributed by atoms with E-state index in [1.54, 1.807) is 12.1 Å². The molecular formula is C21H18N2O5. The average Bonchev–Trinajstić information content (AvgIpc) is 2.73. The SMILES string of the molecule is COc1cc(C(=O)Nc2ccc(-c3ccccc3)cc2)c([N+](=O)[O-])cc1OC. The number of carbonyl (C=O) groups is 1. The van der Waals surface area contributed by atoms with Gasteiger partial charge < -0.3 is 14.8 Å². The van der Waals surface area contributed by atoms with Gasteiger partial charge in [-0.3, -0.25) is 14.9 Å². The van der Waals surface area contributed by atoms with Crippen LogP contribution in [-0.2, 0) is 0 Å². The zero-order chi connectivity index (χ0) is 20.1. The number of nitrogens with one attached hydrogen (secondary N) is 1. The second kappa shape index (κ2) is 8.22. The molecule has 0 unspecified atom stereocenters. The lowest BCUT2D eigenvalue weighted by Crippen LogP contribution is -2.14. The molecule has 1 N–H and O–H groups in total. The van der Waals surface area contributed by atoms with Crippen molar-refractivity contribution in [1.82, 2.24) is 0 Å². The Balaban J connectivity index is 1.87. The van der Waals surface area contributed by atoms with E-state index in [1.165, 1.54) is 26.4 Å². The minimum absolute atomic E-state index is 0.116. The van der Waals surface area contributed by atoms with Gasteiger partial charge in [-0.25, -0.2) is 0 Å². The third-order valence-electron chi connectivity index (χ3n) is 4.19. The number of anilines is 1. The van der Waals surface area contributed by atoms with Crippen LogP contribution in [0.4, 0.5) is 11.4 Å². The maximum atomic E-state index is 12.7. The van der Waals surface area contributed by atoms with Gasteiger partial charge in [-0.2, -0.15) is 0 Å². The molecule has 3 aromatic carbocycles. The molecule has 0 aliphatic heterocycles. The predicted octanol–water partition coefficient (Wildman–Crippen LogP) is 4.53. The van der Waals surface area contributed by atoms with E-state index >= 15 is 0 Å². The zero-order valence-electron chi connectivity index (χ0n) is 15.3. The van der Waals surface area contributed by atoms with E-state index in [-0.39, 0.29) is 22.7 Å². The monoisotopic (exact) mass is 378 g/mol. The maximum absolute atomic E-state index is 12.7. The topological polar surface area (TPSA) is 90.7 Å². The first-order valence-electron chi connectivity index (χ1n) is 8.40. The number of nitrogens with zero attached hydrogens (tertiary/aromatic N) is 1. The predicted molar refractivity (Wildman–Crippen MR) is 106 cm³/mol. The fourth-order valence-electron chi connectivity index (χ4n) is 2.78. The van der Waals surface area contributed by atoms with Crippen LogP contribution in [0.5, 0.6) is 11.5 Å². The third-order valence-corrected chi connectivity index (χ3v) is 4.19. The molecule has 0 aliphatic rings. The number of benzene rings is 3. The molecule has 3 aromatic rings. The molecule has 0 bridgehead atoms. The molecule has 3 rings (SSSR count). The quantitative estimate of drug-likeness (QED) is 0.503. The molecule has 0 aliphatic carbocycles. The Labute approximate surface area is 161 Å². The van der Waals surface area contributed by atoms with Crippen LogP contribution >= 0.6 is 0 Å². The van der Waals surface area contributed by atoms with E-state index in [0.717, 1.165) is 11.1 Å². The first-order valence-corrected chi connectivity index (χ1v) is 8.40. The summed E-state index contributed by atoms with van der Waals surface area (Å²) in [6, 6.07) is 19.5. The maximum Gasteiger partial charge on any atom is 0.286 e. The van der Waals surface area contributed by atoms with Crippen molar-refractivity contribution >= 4 is 17.3 Å². The lowest BCUT2D eigenvalue weighted by atomic mass is 10.1. The van der Waals surface area contributed by atoms with Crippen molar-refractivity contribution in [2.24, 2.45) is 0 Å². The Morgan fingerprint density at radius 2 is 1.46 bits per heavy atom. The second-order valence-electron chi connectivity index (χ2n) is 5.88. The molecule has 0 heterocycles. The number of amides is 1. The molecule has 1 amide bonds. The highest BCUT2D eigenvalue weighted by Crippen LogP contribution is 2.35. The molecule has 7 heteroatoms. The summed E-state index contributed by atoms with van der Waals surface area (Å²) in [5, 5.41) is 14.1. The summed E-state index contributed by atoms with van der Waals surface area (Å²) >= 11 is 0. The van der Waals surface area contributed by atoms with E-state index in [9.17, 15) is 14.9 Å². The van der Waals surface area contributed by atoms with Crippen LogP contribution in [0.15, 0.2) is 66.7 Å². The third kappa shape index (κ3) is 3.93. The van der Waals surface area contributed by atoms with Crippen molar-refractivity contribution in [3.8, 4) is 22.6 Å². The van der Waals surface area contributed by atoms with Gasteiger partial charge in [-0.15, -0.1) is 0 Å². The number of nitro benzene ring substituents is 1. The minimum Gasteiger partial charge on any atom is -0.493 e. The number of hydrogen-bond acceptors (Lipinski definition) is 5. The molecule has 0 aromatic heterocycles. The van der Waals surface area contributed by atoms with E-state index in [1.807, 2.05) is 42.5 Å². The Morgan fingerprint density at radius 3 is 2.04 bits per heavy atom. The molecule has 0 radical (unpaired) electrons. The first kappa shape index (κ1) is 18.9. The summed E-state index contributed by atoms with van der Waals surface area (Å²) in [5.74, 6) is -0.198. The van der Waals surface area contributed by atoms with Crippen LogP contribution in [0.2, 0.25) is 0 Å². The van der Waals surface area contributed by atoms with Crippen molar-refractivity contribution in [3.05, 3.63) is 82.4 Å². The summed E-state index contributed by atoms with van der Waals surface area (Å²) in [6.07, 6.45) is 0. The van der Waals surface area contributed by atoms with Gasteiger partial charge in [0, 0.05) is 11.8 Å². The van der Waals surface area contributed by atoms with Gasteiger partial charge >= 0.3 is 0 Å². The molecule has 28 heavy (non-hydrogen) atoms. The van der Waals surface area contributed by atoms with Crippen molar-refractivity contribution in [2.45, 2.75) is 0 Å². The Bertz CT molecular complexity index is 1000. The standard InChI is InChI=1S/C21H18N2O5/c1-27-19-12-17(18(23(25)26)13-20(19)28-2)21(24)22-16-10-8-15(9-11-16)14-6-4-3-5-7-14/h3-13H,1-2H3,(H,22,24). The summed E-state index contributed by atoms with van der Waals surface area (Å²) < 4.78 is 10.2. The van der Waals surface area contributed by atoms with E-state index in [0.29, 0.717) is 5.69 Å². The molecule has 7 nitrogen and oxygen atoms in total. The molecule has 142 valence electrons. The first-order chi connectivity index (χ1) is 13.5. The smallest absolute Gasteiger partial charge is 0.286 e. The minimum atomic E-state index is -0.630. The Morgan fingerprint density at radius 1 is 0.893 bits per heavy atom. The number of ether oxygens (including phenoxy) is 2. The van der Waals surface area contributed by atoms with Crippen molar-refractivity contribution in [3.63, 3.8) is 0 Å². The fourth-order valence-corrected chi connectivity index (χ4v) is 2.78. The highest BCUT2D eigenvalue weighted by atomic mass is 16.6. The number of rotatable bonds is 6. The van der Waals surface area contributed by atoms with Gasteiger partial charge in [0.1, 0.15) is 5.56 Å². The molecule has 0 saturated heterocycles. The largest absolute Gasteiger partial charge is 0.493 e. The van der Waals surface area contributed by atoms with Gasteiger partial charge in [-0.1, -0.05) is 42.5 Å². The Hall–Kier alpha value is -3.87. The summed E-state index contributed by atoms with van der Waals surface area (Å²) in [7, 11) is 2.77. The van der Waals surface area contributed by atoms with Crippen LogP contribution < -0.4 is 14.8 Å². The lowest BCUT2D eigenvalue weighted by Gasteiger charge is -2.11. The summed E-state index contributed by atoms with van der Waals surface area (Å²) in [4.78, 5) is 23.4.